The zero-order chi connectivity index (χ0) is 13.3. The summed E-state index contributed by atoms with van der Waals surface area (Å²) in [6.07, 6.45) is 0. The van der Waals surface area contributed by atoms with Crippen LogP contribution < -0.4 is 10.5 Å². The van der Waals surface area contributed by atoms with Crippen LogP contribution in [-0.4, -0.2) is 33.0 Å². The summed E-state index contributed by atoms with van der Waals surface area (Å²) in [5.74, 6) is -1.16. The molecule has 18 heavy (non-hydrogen) atoms. The van der Waals surface area contributed by atoms with Crippen molar-refractivity contribution in [3.8, 4) is 11.4 Å². The molecule has 0 aliphatic heterocycles. The van der Waals surface area contributed by atoms with Gasteiger partial charge >= 0.3 is 5.97 Å². The van der Waals surface area contributed by atoms with Gasteiger partial charge in [-0.25, -0.2) is 4.79 Å². The Morgan fingerprint density at radius 3 is 2.78 bits per heavy atom. The number of aromatic nitrogens is 3. The minimum Gasteiger partial charge on any atom is -0.495 e. The minimum atomic E-state index is -1.25. The highest BCUT2D eigenvalue weighted by Gasteiger charge is 2.15. The van der Waals surface area contributed by atoms with Crippen LogP contribution >= 0.6 is 11.6 Å². The summed E-state index contributed by atoms with van der Waals surface area (Å²) in [5, 5.41) is 12.9. The van der Waals surface area contributed by atoms with Crippen LogP contribution in [0.4, 0.5) is 5.95 Å². The van der Waals surface area contributed by atoms with Crippen molar-refractivity contribution in [2.24, 2.45) is 0 Å². The first-order chi connectivity index (χ1) is 8.52. The van der Waals surface area contributed by atoms with E-state index in [1.54, 1.807) is 18.2 Å². The number of nitrogens with two attached hydrogens (primary N) is 1. The fourth-order valence-electron chi connectivity index (χ4n) is 1.39. The summed E-state index contributed by atoms with van der Waals surface area (Å²) in [7, 11) is 1.49. The first kappa shape index (κ1) is 12.2. The molecule has 0 aliphatic rings. The van der Waals surface area contributed by atoms with E-state index in [1.165, 1.54) is 11.8 Å². The largest absolute Gasteiger partial charge is 0.495 e. The van der Waals surface area contributed by atoms with Crippen molar-refractivity contribution in [1.82, 2.24) is 14.8 Å². The summed E-state index contributed by atoms with van der Waals surface area (Å²) in [6.45, 7) is 0. The van der Waals surface area contributed by atoms with Crippen molar-refractivity contribution < 1.29 is 14.6 Å². The van der Waals surface area contributed by atoms with Crippen LogP contribution in [0.2, 0.25) is 5.02 Å². The number of anilines is 1. The highest BCUT2D eigenvalue weighted by atomic mass is 35.5. The molecule has 1 aromatic heterocycles. The Morgan fingerprint density at radius 1 is 1.56 bits per heavy atom. The molecular weight excluding hydrogens is 260 g/mol. The van der Waals surface area contributed by atoms with Crippen LogP contribution in [-0.2, 0) is 0 Å². The maximum absolute atomic E-state index is 10.7. The molecule has 0 saturated carbocycles. The van der Waals surface area contributed by atoms with E-state index in [1.807, 2.05) is 0 Å². The molecular formula is C10H9ClN4O3. The summed E-state index contributed by atoms with van der Waals surface area (Å²) in [4.78, 5) is 14.3. The van der Waals surface area contributed by atoms with Gasteiger partial charge in [-0.3, -0.25) is 0 Å². The molecule has 0 atom stereocenters. The van der Waals surface area contributed by atoms with Crippen LogP contribution in [0.1, 0.15) is 10.6 Å². The van der Waals surface area contributed by atoms with Gasteiger partial charge in [-0.05, 0) is 18.2 Å². The standard InChI is InChI=1S/C10H9ClN4O3/c1-18-7-3-2-5(4-6(7)11)15-10(12)13-8(14-15)9(16)17/h2-4H,1H3,(H,16,17)(H2,12,13,14). The monoisotopic (exact) mass is 268 g/mol. The number of nitrogen functional groups attached to an aromatic ring is 1. The van der Waals surface area contributed by atoms with E-state index in [4.69, 9.17) is 27.2 Å². The van der Waals surface area contributed by atoms with Gasteiger partial charge in [-0.1, -0.05) is 11.6 Å². The molecule has 1 heterocycles. The van der Waals surface area contributed by atoms with Gasteiger partial charge in [0.15, 0.2) is 0 Å². The van der Waals surface area contributed by atoms with Crippen LogP contribution in [0.5, 0.6) is 5.75 Å². The second kappa shape index (κ2) is 4.53. The summed E-state index contributed by atoms with van der Waals surface area (Å²) < 4.78 is 6.20. The Morgan fingerprint density at radius 2 is 2.28 bits per heavy atom. The van der Waals surface area contributed by atoms with E-state index in [9.17, 15) is 4.79 Å². The average molecular weight is 269 g/mol. The number of methoxy groups -OCH3 is 1. The second-order valence-electron chi connectivity index (χ2n) is 3.33. The normalized spacial score (nSPS) is 10.3. The summed E-state index contributed by atoms with van der Waals surface area (Å²) in [6, 6.07) is 4.82. The highest BCUT2D eigenvalue weighted by Crippen LogP contribution is 2.27. The molecule has 0 unspecified atom stereocenters. The molecule has 3 N–H and O–H groups in total. The van der Waals surface area contributed by atoms with Gasteiger partial charge in [0.2, 0.25) is 5.95 Å². The number of aromatic carboxylic acids is 1. The van der Waals surface area contributed by atoms with Gasteiger partial charge in [0.25, 0.3) is 5.82 Å². The van der Waals surface area contributed by atoms with E-state index in [2.05, 4.69) is 10.1 Å². The second-order valence-corrected chi connectivity index (χ2v) is 3.74. The lowest BCUT2D eigenvalue weighted by atomic mass is 10.3. The molecule has 0 radical (unpaired) electrons. The number of halogens is 1. The number of hydrogen-bond donors (Lipinski definition) is 2. The molecule has 0 spiro atoms. The van der Waals surface area contributed by atoms with Crippen molar-refractivity contribution in [2.45, 2.75) is 0 Å². The highest BCUT2D eigenvalue weighted by molar-refractivity contribution is 6.32. The van der Waals surface area contributed by atoms with Gasteiger partial charge < -0.3 is 15.6 Å². The third-order valence-corrected chi connectivity index (χ3v) is 2.50. The van der Waals surface area contributed by atoms with Gasteiger partial charge in [-0.2, -0.15) is 9.67 Å². The molecule has 2 aromatic rings. The number of carbonyl (C=O) groups is 1. The molecule has 0 fully saturated rings. The third-order valence-electron chi connectivity index (χ3n) is 2.20. The lowest BCUT2D eigenvalue weighted by molar-refractivity contribution is 0.0683. The quantitative estimate of drug-likeness (QED) is 0.867. The topological polar surface area (TPSA) is 103 Å². The Hall–Kier alpha value is -2.28. The fourth-order valence-corrected chi connectivity index (χ4v) is 1.64. The lowest BCUT2D eigenvalue weighted by Gasteiger charge is -2.06. The van der Waals surface area contributed by atoms with Crippen LogP contribution in [0.15, 0.2) is 18.2 Å². The summed E-state index contributed by atoms with van der Waals surface area (Å²) in [5.41, 5.74) is 6.08. The van der Waals surface area contributed by atoms with Crippen molar-refractivity contribution >= 4 is 23.5 Å². The molecule has 0 saturated heterocycles. The van der Waals surface area contributed by atoms with Crippen molar-refractivity contribution in [2.75, 3.05) is 12.8 Å². The molecule has 94 valence electrons. The Bertz CT molecular complexity index is 611. The Kier molecular flexibility index (Phi) is 3.07. The van der Waals surface area contributed by atoms with Crippen molar-refractivity contribution in [3.63, 3.8) is 0 Å². The van der Waals surface area contributed by atoms with E-state index in [-0.39, 0.29) is 11.8 Å². The lowest BCUT2D eigenvalue weighted by Crippen LogP contribution is -2.03. The molecule has 0 bridgehead atoms. The predicted molar refractivity (Wildman–Crippen MR) is 64.3 cm³/mol. The van der Waals surface area contributed by atoms with E-state index < -0.39 is 5.97 Å². The zero-order valence-corrected chi connectivity index (χ0v) is 10.0. The zero-order valence-electron chi connectivity index (χ0n) is 9.29. The van der Waals surface area contributed by atoms with Gasteiger partial charge in [-0.15, -0.1) is 5.10 Å². The van der Waals surface area contributed by atoms with E-state index >= 15 is 0 Å². The number of carboxylic acids is 1. The van der Waals surface area contributed by atoms with Gasteiger partial charge in [0.1, 0.15) is 5.75 Å². The van der Waals surface area contributed by atoms with E-state index in [0.29, 0.717) is 16.5 Å². The van der Waals surface area contributed by atoms with Crippen LogP contribution in [0.25, 0.3) is 5.69 Å². The SMILES string of the molecule is COc1ccc(-n2nc(C(=O)O)nc2N)cc1Cl. The molecule has 1 aromatic carbocycles. The Labute approximate surface area is 107 Å². The Balaban J connectivity index is 2.48. The molecule has 2 rings (SSSR count). The van der Waals surface area contributed by atoms with Crippen LogP contribution in [0, 0.1) is 0 Å². The summed E-state index contributed by atoms with van der Waals surface area (Å²) >= 11 is 5.96. The first-order valence-electron chi connectivity index (χ1n) is 4.82. The molecule has 0 aliphatic carbocycles. The van der Waals surface area contributed by atoms with Gasteiger partial charge in [0, 0.05) is 0 Å². The smallest absolute Gasteiger partial charge is 0.375 e. The number of ether oxygens (including phenoxy) is 1. The number of hydrogen-bond acceptors (Lipinski definition) is 5. The van der Waals surface area contributed by atoms with E-state index in [0.717, 1.165) is 0 Å². The van der Waals surface area contributed by atoms with Gasteiger partial charge in [0.05, 0.1) is 17.8 Å². The van der Waals surface area contributed by atoms with Crippen molar-refractivity contribution in [3.05, 3.63) is 29.0 Å². The molecule has 7 nitrogen and oxygen atoms in total. The van der Waals surface area contributed by atoms with Crippen LogP contribution in [0.3, 0.4) is 0 Å². The number of carboxylic acid groups (broad SMARTS) is 1. The molecule has 8 heteroatoms. The maximum atomic E-state index is 10.7. The fraction of sp³-hybridized carbons (Fsp3) is 0.100. The maximum Gasteiger partial charge on any atom is 0.375 e. The third kappa shape index (κ3) is 2.07. The average Bonchev–Trinajstić information content (AvgIpc) is 2.71. The number of rotatable bonds is 3. The predicted octanol–water partition coefficient (Wildman–Crippen LogP) is 1.21. The first-order valence-corrected chi connectivity index (χ1v) is 5.20. The van der Waals surface area contributed by atoms with Crippen molar-refractivity contribution in [1.29, 1.82) is 0 Å². The number of nitrogens with zero attached hydrogens (tertiary/aromatic N) is 3. The minimum absolute atomic E-state index is 0.0337. The number of benzene rings is 1. The molecule has 0 amide bonds.